The van der Waals surface area contributed by atoms with E-state index in [4.69, 9.17) is 0 Å². The Hall–Kier alpha value is -0.850. The summed E-state index contributed by atoms with van der Waals surface area (Å²) in [4.78, 5) is 11.0. The molecule has 0 unspecified atom stereocenters. The normalized spacial score (nSPS) is 20.1. The molecule has 0 aliphatic heterocycles. The number of rotatable bonds is 0. The predicted molar refractivity (Wildman–Crippen MR) is 46.4 cm³/mol. The van der Waals surface area contributed by atoms with E-state index in [0.29, 0.717) is 6.42 Å². The minimum atomic E-state index is 0.260. The fourth-order valence-electron chi connectivity index (χ4n) is 1.17. The Bertz CT molecular complexity index is 199. The van der Waals surface area contributed by atoms with E-state index >= 15 is 0 Å². The zero-order chi connectivity index (χ0) is 8.10. The summed E-state index contributed by atoms with van der Waals surface area (Å²) in [6.45, 7) is 2.13. The van der Waals surface area contributed by atoms with Crippen LogP contribution in [0.4, 0.5) is 0 Å². The molecule has 0 saturated heterocycles. The van der Waals surface area contributed by atoms with Crippen LogP contribution >= 0.6 is 0 Å². The third-order valence-corrected chi connectivity index (χ3v) is 1.89. The third-order valence-electron chi connectivity index (χ3n) is 1.89. The van der Waals surface area contributed by atoms with Gasteiger partial charge in [-0.3, -0.25) is 4.79 Å². The molecule has 0 bridgehead atoms. The number of carbonyl (C=O) groups is 1. The SMILES string of the molecule is CC1=CCCC(=O)C=CCC1. The van der Waals surface area contributed by atoms with Gasteiger partial charge in [0.2, 0.25) is 0 Å². The number of allylic oxidation sites excluding steroid dienone is 4. The van der Waals surface area contributed by atoms with Crippen molar-refractivity contribution < 1.29 is 4.79 Å². The van der Waals surface area contributed by atoms with Crippen molar-refractivity contribution in [2.45, 2.75) is 32.6 Å². The summed E-state index contributed by atoms with van der Waals surface area (Å²) in [7, 11) is 0. The van der Waals surface area contributed by atoms with Gasteiger partial charge in [0.1, 0.15) is 0 Å². The molecule has 0 spiro atoms. The molecule has 11 heavy (non-hydrogen) atoms. The van der Waals surface area contributed by atoms with Gasteiger partial charge in [-0.05, 0) is 32.3 Å². The van der Waals surface area contributed by atoms with Gasteiger partial charge in [-0.2, -0.15) is 0 Å². The lowest BCUT2D eigenvalue weighted by atomic mass is 10.1. The molecule has 0 N–H and O–H groups in total. The van der Waals surface area contributed by atoms with Gasteiger partial charge < -0.3 is 0 Å². The summed E-state index contributed by atoms with van der Waals surface area (Å²) in [5, 5.41) is 0. The lowest BCUT2D eigenvalue weighted by molar-refractivity contribution is -0.114. The van der Waals surface area contributed by atoms with Gasteiger partial charge in [0, 0.05) is 6.42 Å². The van der Waals surface area contributed by atoms with Crippen LogP contribution in [0, 0.1) is 0 Å². The lowest BCUT2D eigenvalue weighted by Crippen LogP contribution is -1.89. The van der Waals surface area contributed by atoms with Crippen molar-refractivity contribution in [3.05, 3.63) is 23.8 Å². The molecule has 1 aliphatic rings. The average Bonchev–Trinajstić information content (AvgIpc) is 2.04. The Morgan fingerprint density at radius 1 is 1.27 bits per heavy atom. The molecular formula is C10H14O. The highest BCUT2D eigenvalue weighted by Crippen LogP contribution is 2.09. The van der Waals surface area contributed by atoms with E-state index in [2.05, 4.69) is 13.0 Å². The van der Waals surface area contributed by atoms with Crippen LogP contribution in [-0.2, 0) is 4.79 Å². The molecule has 1 nitrogen and oxygen atoms in total. The van der Waals surface area contributed by atoms with Crippen LogP contribution in [-0.4, -0.2) is 5.78 Å². The number of carbonyl (C=O) groups excluding carboxylic acids is 1. The number of ketones is 1. The summed E-state index contributed by atoms with van der Waals surface area (Å²) in [6, 6.07) is 0. The molecule has 0 saturated carbocycles. The Labute approximate surface area is 67.8 Å². The smallest absolute Gasteiger partial charge is 0.155 e. The fraction of sp³-hybridized carbons (Fsp3) is 0.500. The monoisotopic (exact) mass is 150 g/mol. The highest BCUT2D eigenvalue weighted by atomic mass is 16.1. The number of hydrogen-bond donors (Lipinski definition) is 0. The quantitative estimate of drug-likeness (QED) is 0.485. The summed E-state index contributed by atoms with van der Waals surface area (Å²) in [5.74, 6) is 0.260. The van der Waals surface area contributed by atoms with E-state index in [0.717, 1.165) is 19.3 Å². The molecule has 0 atom stereocenters. The molecule has 0 radical (unpaired) electrons. The first kappa shape index (κ1) is 8.25. The Morgan fingerprint density at radius 2 is 2.09 bits per heavy atom. The molecule has 1 aliphatic carbocycles. The second-order valence-corrected chi connectivity index (χ2v) is 3.00. The van der Waals surface area contributed by atoms with Gasteiger partial charge in [0.15, 0.2) is 5.78 Å². The first-order valence-electron chi connectivity index (χ1n) is 4.14. The van der Waals surface area contributed by atoms with Crippen LogP contribution in [0.15, 0.2) is 23.8 Å². The molecule has 0 amide bonds. The summed E-state index contributed by atoms with van der Waals surface area (Å²) in [6.07, 6.45) is 9.56. The van der Waals surface area contributed by atoms with Crippen molar-refractivity contribution >= 4 is 5.78 Å². The van der Waals surface area contributed by atoms with Crippen molar-refractivity contribution in [1.29, 1.82) is 0 Å². The Morgan fingerprint density at radius 3 is 2.91 bits per heavy atom. The zero-order valence-electron chi connectivity index (χ0n) is 6.97. The second-order valence-electron chi connectivity index (χ2n) is 3.00. The highest BCUT2D eigenvalue weighted by Gasteiger charge is 1.97. The van der Waals surface area contributed by atoms with Crippen LogP contribution in [0.1, 0.15) is 32.6 Å². The van der Waals surface area contributed by atoms with E-state index in [1.807, 2.05) is 6.08 Å². The standard InChI is InChI=1S/C10H14O/c1-9-5-2-3-7-10(11)8-4-6-9/h3,6-7H,2,4-5,8H2,1H3. The van der Waals surface area contributed by atoms with E-state index in [1.165, 1.54) is 5.57 Å². The molecule has 0 aromatic rings. The van der Waals surface area contributed by atoms with Crippen molar-refractivity contribution in [2.24, 2.45) is 0 Å². The average molecular weight is 150 g/mol. The van der Waals surface area contributed by atoms with Crippen molar-refractivity contribution in [3.63, 3.8) is 0 Å². The maximum Gasteiger partial charge on any atom is 0.155 e. The maximum atomic E-state index is 11.0. The Balaban J connectivity index is 2.56. The second kappa shape index (κ2) is 4.12. The summed E-state index contributed by atoms with van der Waals surface area (Å²) >= 11 is 0. The first-order valence-corrected chi connectivity index (χ1v) is 4.14. The maximum absolute atomic E-state index is 11.0. The van der Waals surface area contributed by atoms with Crippen molar-refractivity contribution in [1.82, 2.24) is 0 Å². The van der Waals surface area contributed by atoms with Gasteiger partial charge in [-0.1, -0.05) is 17.7 Å². The molecule has 1 rings (SSSR count). The molecule has 1 heteroatoms. The van der Waals surface area contributed by atoms with E-state index in [1.54, 1.807) is 6.08 Å². The third kappa shape index (κ3) is 3.17. The van der Waals surface area contributed by atoms with E-state index in [-0.39, 0.29) is 5.78 Å². The largest absolute Gasteiger partial charge is 0.295 e. The van der Waals surface area contributed by atoms with Crippen LogP contribution in [0.3, 0.4) is 0 Å². The minimum Gasteiger partial charge on any atom is -0.295 e. The number of hydrogen-bond acceptors (Lipinski definition) is 1. The summed E-state index contributed by atoms with van der Waals surface area (Å²) in [5.41, 5.74) is 1.41. The van der Waals surface area contributed by atoms with Gasteiger partial charge >= 0.3 is 0 Å². The molecule has 0 aromatic heterocycles. The lowest BCUT2D eigenvalue weighted by Gasteiger charge is -1.94. The van der Waals surface area contributed by atoms with Crippen LogP contribution < -0.4 is 0 Å². The fourth-order valence-corrected chi connectivity index (χ4v) is 1.17. The van der Waals surface area contributed by atoms with Crippen LogP contribution in [0.5, 0.6) is 0 Å². The van der Waals surface area contributed by atoms with Crippen LogP contribution in [0.25, 0.3) is 0 Å². The predicted octanol–water partition coefficient (Wildman–Crippen LogP) is 2.63. The summed E-state index contributed by atoms with van der Waals surface area (Å²) < 4.78 is 0. The zero-order valence-corrected chi connectivity index (χ0v) is 6.97. The molecular weight excluding hydrogens is 136 g/mol. The van der Waals surface area contributed by atoms with E-state index in [9.17, 15) is 4.79 Å². The van der Waals surface area contributed by atoms with Crippen molar-refractivity contribution in [3.8, 4) is 0 Å². The first-order chi connectivity index (χ1) is 5.29. The molecule has 60 valence electrons. The molecule has 0 fully saturated rings. The highest BCUT2D eigenvalue weighted by molar-refractivity contribution is 5.89. The van der Waals surface area contributed by atoms with Gasteiger partial charge in [0.05, 0.1) is 0 Å². The molecule has 0 heterocycles. The van der Waals surface area contributed by atoms with Crippen molar-refractivity contribution in [2.75, 3.05) is 0 Å². The van der Waals surface area contributed by atoms with Gasteiger partial charge in [-0.25, -0.2) is 0 Å². The van der Waals surface area contributed by atoms with Crippen LogP contribution in [0.2, 0.25) is 0 Å². The van der Waals surface area contributed by atoms with Gasteiger partial charge in [-0.15, -0.1) is 0 Å². The topological polar surface area (TPSA) is 17.1 Å². The Kier molecular flexibility index (Phi) is 3.09. The van der Waals surface area contributed by atoms with Gasteiger partial charge in [0.25, 0.3) is 0 Å². The van der Waals surface area contributed by atoms with E-state index < -0.39 is 0 Å². The molecule has 0 aromatic carbocycles. The minimum absolute atomic E-state index is 0.260.